The summed E-state index contributed by atoms with van der Waals surface area (Å²) < 4.78 is 0. The van der Waals surface area contributed by atoms with E-state index in [0.717, 1.165) is 5.69 Å². The van der Waals surface area contributed by atoms with E-state index in [-0.39, 0.29) is 23.0 Å². The number of hydrogen-bond acceptors (Lipinski definition) is 5. The highest BCUT2D eigenvalue weighted by Crippen LogP contribution is 2.27. The first-order valence-electron chi connectivity index (χ1n) is 7.03. The van der Waals surface area contributed by atoms with Gasteiger partial charge < -0.3 is 0 Å². The lowest BCUT2D eigenvalue weighted by molar-refractivity contribution is 0.0877. The number of aromatic nitrogens is 2. The summed E-state index contributed by atoms with van der Waals surface area (Å²) in [7, 11) is 0. The summed E-state index contributed by atoms with van der Waals surface area (Å²) in [4.78, 5) is 36.6. The van der Waals surface area contributed by atoms with Crippen LogP contribution in [0.15, 0.2) is 35.4 Å². The van der Waals surface area contributed by atoms with Crippen molar-refractivity contribution >= 4 is 23.2 Å². The highest BCUT2D eigenvalue weighted by molar-refractivity contribution is 6.36. The predicted octanol–water partition coefficient (Wildman–Crippen LogP) is 1.52. The Morgan fingerprint density at radius 1 is 1.22 bits per heavy atom. The molecule has 116 valence electrons. The largest absolute Gasteiger partial charge is 0.293 e. The van der Waals surface area contributed by atoms with Crippen LogP contribution < -0.4 is 5.43 Å². The Bertz CT molecular complexity index is 816. The second-order valence-electron chi connectivity index (χ2n) is 5.34. The number of hydrogen-bond donors (Lipinski definition) is 2. The van der Waals surface area contributed by atoms with Crippen LogP contribution >= 0.6 is 0 Å². The molecule has 0 fully saturated rings. The average Bonchev–Trinajstić information content (AvgIpc) is 3.08. The molecule has 1 aliphatic carbocycles. The van der Waals surface area contributed by atoms with E-state index in [0.29, 0.717) is 11.1 Å². The second-order valence-corrected chi connectivity index (χ2v) is 5.34. The quantitative estimate of drug-likeness (QED) is 0.509. The van der Waals surface area contributed by atoms with Crippen LogP contribution in [-0.2, 0) is 0 Å². The van der Waals surface area contributed by atoms with Crippen LogP contribution in [0, 0.1) is 12.8 Å². The summed E-state index contributed by atoms with van der Waals surface area (Å²) in [5.74, 6) is -2.08. The number of ketones is 2. The molecule has 2 N–H and O–H groups in total. The zero-order valence-electron chi connectivity index (χ0n) is 12.6. The van der Waals surface area contributed by atoms with Crippen molar-refractivity contribution in [2.75, 3.05) is 0 Å². The van der Waals surface area contributed by atoms with Gasteiger partial charge >= 0.3 is 0 Å². The van der Waals surface area contributed by atoms with Gasteiger partial charge in [0.15, 0.2) is 17.3 Å². The Hall–Kier alpha value is -3.09. The maximum absolute atomic E-state index is 12.3. The first-order chi connectivity index (χ1) is 11.0. The summed E-state index contributed by atoms with van der Waals surface area (Å²) in [6, 6.07) is 8.23. The molecule has 1 aromatic carbocycles. The fourth-order valence-electron chi connectivity index (χ4n) is 2.52. The fraction of sp³-hybridized carbons (Fsp3) is 0.188. The normalized spacial score (nSPS) is 15.0. The number of rotatable bonds is 3. The minimum Gasteiger partial charge on any atom is -0.293 e. The van der Waals surface area contributed by atoms with Crippen molar-refractivity contribution in [2.45, 2.75) is 13.8 Å². The van der Waals surface area contributed by atoms with Crippen molar-refractivity contribution in [3.8, 4) is 0 Å². The van der Waals surface area contributed by atoms with Crippen LogP contribution in [0.2, 0.25) is 0 Å². The Morgan fingerprint density at radius 2 is 1.83 bits per heavy atom. The Balaban J connectivity index is 1.79. The minimum atomic E-state index is -0.978. The molecule has 0 radical (unpaired) electrons. The molecule has 0 saturated carbocycles. The number of nitrogens with one attached hydrogen (secondary N) is 2. The maximum Gasteiger partial charge on any atom is 0.291 e. The predicted molar refractivity (Wildman–Crippen MR) is 82.5 cm³/mol. The number of amides is 1. The number of Topliss-reactive ketones (excluding diaryl/α,β-unsaturated/α-hetero) is 2. The molecule has 3 rings (SSSR count). The van der Waals surface area contributed by atoms with Gasteiger partial charge in [-0.3, -0.25) is 19.5 Å². The third-order valence-corrected chi connectivity index (χ3v) is 3.67. The number of nitrogens with zero attached hydrogens (tertiary/aromatic N) is 2. The Labute approximate surface area is 131 Å². The van der Waals surface area contributed by atoms with Crippen molar-refractivity contribution in [2.24, 2.45) is 11.0 Å². The smallest absolute Gasteiger partial charge is 0.291 e. The van der Waals surface area contributed by atoms with E-state index < -0.39 is 11.8 Å². The van der Waals surface area contributed by atoms with Gasteiger partial charge in [0.2, 0.25) is 0 Å². The van der Waals surface area contributed by atoms with E-state index in [1.54, 1.807) is 44.2 Å². The molecular weight excluding hydrogens is 296 g/mol. The first-order valence-corrected chi connectivity index (χ1v) is 7.03. The summed E-state index contributed by atoms with van der Waals surface area (Å²) in [6.07, 6.45) is 0. The molecule has 0 unspecified atom stereocenters. The molecule has 0 saturated heterocycles. The average molecular weight is 310 g/mol. The molecule has 23 heavy (non-hydrogen) atoms. The van der Waals surface area contributed by atoms with Crippen molar-refractivity contribution in [1.82, 2.24) is 15.6 Å². The van der Waals surface area contributed by atoms with E-state index in [1.165, 1.54) is 0 Å². The van der Waals surface area contributed by atoms with Gasteiger partial charge in [0.05, 0.1) is 5.71 Å². The lowest BCUT2D eigenvalue weighted by Crippen LogP contribution is -2.27. The van der Waals surface area contributed by atoms with Crippen LogP contribution in [0.1, 0.15) is 43.8 Å². The number of hydrazone groups is 1. The lowest BCUT2D eigenvalue weighted by Gasteiger charge is -2.06. The van der Waals surface area contributed by atoms with Crippen molar-refractivity contribution in [1.29, 1.82) is 0 Å². The van der Waals surface area contributed by atoms with Gasteiger partial charge in [0.1, 0.15) is 5.92 Å². The van der Waals surface area contributed by atoms with E-state index in [9.17, 15) is 14.4 Å². The van der Waals surface area contributed by atoms with Crippen LogP contribution in [0.3, 0.4) is 0 Å². The fourth-order valence-corrected chi connectivity index (χ4v) is 2.52. The van der Waals surface area contributed by atoms with Crippen LogP contribution in [0.4, 0.5) is 0 Å². The van der Waals surface area contributed by atoms with Gasteiger partial charge in [0, 0.05) is 16.8 Å². The molecule has 1 aromatic heterocycles. The zero-order valence-corrected chi connectivity index (χ0v) is 12.6. The third-order valence-electron chi connectivity index (χ3n) is 3.67. The van der Waals surface area contributed by atoms with Crippen molar-refractivity contribution in [3.63, 3.8) is 0 Å². The van der Waals surface area contributed by atoms with Crippen LogP contribution in [0.5, 0.6) is 0 Å². The summed E-state index contributed by atoms with van der Waals surface area (Å²) in [5.41, 5.74) is 4.28. The third kappa shape index (κ3) is 2.57. The molecule has 0 atom stereocenters. The molecule has 1 heterocycles. The van der Waals surface area contributed by atoms with Crippen molar-refractivity contribution in [3.05, 3.63) is 52.8 Å². The van der Waals surface area contributed by atoms with Gasteiger partial charge in [-0.05, 0) is 19.9 Å². The van der Waals surface area contributed by atoms with Gasteiger partial charge in [-0.25, -0.2) is 5.43 Å². The molecule has 7 nitrogen and oxygen atoms in total. The van der Waals surface area contributed by atoms with Crippen LogP contribution in [-0.4, -0.2) is 33.4 Å². The number of aromatic amines is 1. The molecule has 7 heteroatoms. The highest BCUT2D eigenvalue weighted by atomic mass is 16.2. The molecule has 1 aliphatic rings. The monoisotopic (exact) mass is 310 g/mol. The lowest BCUT2D eigenvalue weighted by atomic mass is 9.99. The van der Waals surface area contributed by atoms with E-state index in [2.05, 4.69) is 20.7 Å². The number of benzene rings is 1. The van der Waals surface area contributed by atoms with Crippen molar-refractivity contribution < 1.29 is 14.4 Å². The van der Waals surface area contributed by atoms with Crippen LogP contribution in [0.25, 0.3) is 0 Å². The SMILES string of the molecule is C/C(=N/NC(=O)c1cc(C)[nH]n1)C1C(=O)c2ccccc2C1=O. The standard InChI is InChI=1S/C16H14N4O3/c1-8-7-12(19-17-8)16(23)20-18-9(2)13-14(21)10-5-3-4-6-11(10)15(13)22/h3-7,13H,1-2H3,(H,17,19)(H,20,23)/b18-9-. The molecule has 0 bridgehead atoms. The zero-order chi connectivity index (χ0) is 16.6. The number of fused-ring (bicyclic) bond motifs is 1. The molecule has 1 amide bonds. The molecule has 2 aromatic rings. The van der Waals surface area contributed by atoms with Gasteiger partial charge in [-0.15, -0.1) is 0 Å². The number of H-pyrrole nitrogens is 1. The van der Waals surface area contributed by atoms with Gasteiger partial charge in [-0.2, -0.15) is 10.2 Å². The summed E-state index contributed by atoms with van der Waals surface area (Å²) in [6.45, 7) is 3.31. The molecular formula is C16H14N4O3. The number of aryl methyl sites for hydroxylation is 1. The first kappa shape index (κ1) is 14.8. The highest BCUT2D eigenvalue weighted by Gasteiger charge is 2.40. The minimum absolute atomic E-state index is 0.186. The number of carbonyl (C=O) groups excluding carboxylic acids is 3. The van der Waals surface area contributed by atoms with E-state index >= 15 is 0 Å². The van der Waals surface area contributed by atoms with Gasteiger partial charge in [-0.1, -0.05) is 24.3 Å². The Morgan fingerprint density at radius 3 is 2.35 bits per heavy atom. The maximum atomic E-state index is 12.3. The number of carbonyl (C=O) groups is 3. The van der Waals surface area contributed by atoms with Gasteiger partial charge in [0.25, 0.3) is 5.91 Å². The summed E-state index contributed by atoms with van der Waals surface area (Å²) in [5, 5.41) is 10.4. The topological polar surface area (TPSA) is 104 Å². The second kappa shape index (κ2) is 5.60. The Kier molecular flexibility index (Phi) is 3.61. The van der Waals surface area contributed by atoms with E-state index in [4.69, 9.17) is 0 Å². The molecule has 0 aliphatic heterocycles. The summed E-state index contributed by atoms with van der Waals surface area (Å²) >= 11 is 0. The van der Waals surface area contributed by atoms with E-state index in [1.807, 2.05) is 0 Å². The molecule has 0 spiro atoms.